The van der Waals surface area contributed by atoms with Gasteiger partial charge in [0.05, 0.1) is 9.92 Å². The van der Waals surface area contributed by atoms with Crippen LogP contribution in [-0.2, 0) is 9.84 Å². The van der Waals surface area contributed by atoms with Gasteiger partial charge in [0.25, 0.3) is 0 Å². The van der Waals surface area contributed by atoms with E-state index in [2.05, 4.69) is 11.8 Å². The second kappa shape index (κ2) is 6.42. The van der Waals surface area contributed by atoms with Crippen LogP contribution in [0.1, 0.15) is 13.3 Å². The van der Waals surface area contributed by atoms with Crippen molar-refractivity contribution < 1.29 is 17.9 Å². The van der Waals surface area contributed by atoms with Crippen LogP contribution in [-0.4, -0.2) is 52.4 Å². The van der Waals surface area contributed by atoms with Gasteiger partial charge in [0, 0.05) is 18.9 Å². The molecule has 0 radical (unpaired) electrons. The Bertz CT molecular complexity index is 618. The maximum Gasteiger partial charge on any atom is 0.180 e. The molecule has 7 heteroatoms. The molecule has 21 heavy (non-hydrogen) atoms. The molecule has 0 N–H and O–H groups in total. The zero-order valence-corrected chi connectivity index (χ0v) is 14.0. The van der Waals surface area contributed by atoms with Gasteiger partial charge in [0.1, 0.15) is 12.7 Å². The number of benzene rings is 1. The van der Waals surface area contributed by atoms with Crippen molar-refractivity contribution in [3.8, 4) is 11.5 Å². The Kier molecular flexibility index (Phi) is 5.01. The third kappa shape index (κ3) is 4.02. The van der Waals surface area contributed by atoms with Crippen LogP contribution in [0.3, 0.4) is 0 Å². The topological polar surface area (TPSA) is 55.8 Å². The van der Waals surface area contributed by atoms with E-state index in [0.717, 1.165) is 19.2 Å². The van der Waals surface area contributed by atoms with E-state index in [9.17, 15) is 8.42 Å². The molecular formula is C14H20ClNO4S. The van der Waals surface area contributed by atoms with E-state index in [4.69, 9.17) is 21.1 Å². The first-order valence-corrected chi connectivity index (χ1v) is 9.09. The molecule has 1 aromatic carbocycles. The molecule has 0 saturated carbocycles. The number of hydrogen-bond donors (Lipinski definition) is 0. The number of sulfone groups is 1. The first-order valence-electron chi connectivity index (χ1n) is 6.83. The Morgan fingerprint density at radius 3 is 2.76 bits per heavy atom. The van der Waals surface area contributed by atoms with Crippen molar-refractivity contribution in [3.05, 3.63) is 17.2 Å². The molecule has 118 valence electrons. The summed E-state index contributed by atoms with van der Waals surface area (Å²) in [6.07, 6.45) is 2.06. The summed E-state index contributed by atoms with van der Waals surface area (Å²) in [7, 11) is -1.32. The van der Waals surface area contributed by atoms with E-state index < -0.39 is 9.84 Å². The Morgan fingerprint density at radius 2 is 2.14 bits per heavy atom. The van der Waals surface area contributed by atoms with E-state index in [1.165, 1.54) is 12.1 Å². The Labute approximate surface area is 130 Å². The summed E-state index contributed by atoms with van der Waals surface area (Å²) in [5, 5.41) is 0.258. The summed E-state index contributed by atoms with van der Waals surface area (Å²) >= 11 is 6.08. The largest absolute Gasteiger partial charge is 0.484 e. The Hall–Kier alpha value is -0.980. The molecule has 0 saturated heterocycles. The molecule has 1 atom stereocenters. The van der Waals surface area contributed by atoms with Crippen LogP contribution in [0.5, 0.6) is 11.5 Å². The SMILES string of the molecule is CCCN(C)C[C@H]1COc2c(Cl)cc(S(C)(=O)=O)cc2O1. The third-order valence-electron chi connectivity index (χ3n) is 3.24. The first kappa shape index (κ1) is 16.4. The normalized spacial score (nSPS) is 18.0. The summed E-state index contributed by atoms with van der Waals surface area (Å²) in [4.78, 5) is 2.29. The number of rotatable bonds is 5. The predicted octanol–water partition coefficient (Wildman–Crippen LogP) is 2.23. The van der Waals surface area contributed by atoms with Gasteiger partial charge in [-0.05, 0) is 26.1 Å². The Morgan fingerprint density at radius 1 is 1.43 bits per heavy atom. The van der Waals surface area contributed by atoms with Crippen LogP contribution < -0.4 is 9.47 Å². The fourth-order valence-corrected chi connectivity index (χ4v) is 3.27. The minimum atomic E-state index is -3.34. The van der Waals surface area contributed by atoms with Crippen molar-refractivity contribution in [2.45, 2.75) is 24.3 Å². The number of likely N-dealkylation sites (N-methyl/N-ethyl adjacent to an activating group) is 1. The molecule has 0 amide bonds. The van der Waals surface area contributed by atoms with Gasteiger partial charge in [-0.25, -0.2) is 8.42 Å². The minimum absolute atomic E-state index is 0.136. The lowest BCUT2D eigenvalue weighted by molar-refractivity contribution is 0.0653. The highest BCUT2D eigenvalue weighted by Crippen LogP contribution is 2.40. The highest BCUT2D eigenvalue weighted by Gasteiger charge is 2.26. The van der Waals surface area contributed by atoms with E-state index in [1.807, 2.05) is 7.05 Å². The van der Waals surface area contributed by atoms with E-state index >= 15 is 0 Å². The molecule has 2 rings (SSSR count). The molecule has 5 nitrogen and oxygen atoms in total. The maximum atomic E-state index is 11.7. The molecule has 1 aliphatic heterocycles. The molecular weight excluding hydrogens is 314 g/mol. The molecule has 0 fully saturated rings. The van der Waals surface area contributed by atoms with Gasteiger partial charge in [-0.15, -0.1) is 0 Å². The molecule has 0 aliphatic carbocycles. The highest BCUT2D eigenvalue weighted by atomic mass is 35.5. The summed E-state index contributed by atoms with van der Waals surface area (Å²) < 4.78 is 34.8. The maximum absolute atomic E-state index is 11.7. The van der Waals surface area contributed by atoms with E-state index in [0.29, 0.717) is 24.7 Å². The van der Waals surface area contributed by atoms with Gasteiger partial charge >= 0.3 is 0 Å². The van der Waals surface area contributed by atoms with Gasteiger partial charge in [-0.3, -0.25) is 0 Å². The first-order chi connectivity index (χ1) is 9.81. The Balaban J connectivity index is 2.21. The molecule has 1 heterocycles. The number of halogens is 1. The van der Waals surface area contributed by atoms with Crippen molar-refractivity contribution in [1.82, 2.24) is 4.90 Å². The summed E-state index contributed by atoms with van der Waals surface area (Å²) in [5.74, 6) is 0.808. The zero-order valence-electron chi connectivity index (χ0n) is 12.4. The van der Waals surface area contributed by atoms with Crippen LogP contribution in [0.2, 0.25) is 5.02 Å². The second-order valence-corrected chi connectivity index (χ2v) is 7.74. The van der Waals surface area contributed by atoms with Gasteiger partial charge in [0.2, 0.25) is 0 Å². The third-order valence-corrected chi connectivity index (χ3v) is 4.61. The van der Waals surface area contributed by atoms with Gasteiger partial charge < -0.3 is 14.4 Å². The van der Waals surface area contributed by atoms with Crippen LogP contribution >= 0.6 is 11.6 Å². The standard InChI is InChI=1S/C14H20ClNO4S/c1-4-5-16(2)8-10-9-19-14-12(15)6-11(21(3,17)18)7-13(14)20-10/h6-7,10H,4-5,8-9H2,1-3H3/t10-/m0/s1. The molecule has 0 unspecified atom stereocenters. The fourth-order valence-electron chi connectivity index (χ4n) is 2.29. The highest BCUT2D eigenvalue weighted by molar-refractivity contribution is 7.90. The van der Waals surface area contributed by atoms with Gasteiger partial charge in [0.15, 0.2) is 21.3 Å². The molecule has 1 aliphatic rings. The van der Waals surface area contributed by atoms with Crippen LogP contribution in [0, 0.1) is 0 Å². The molecule has 0 aromatic heterocycles. The number of fused-ring (bicyclic) bond motifs is 1. The minimum Gasteiger partial charge on any atom is -0.484 e. The lowest BCUT2D eigenvalue weighted by atomic mass is 10.2. The van der Waals surface area contributed by atoms with Crippen molar-refractivity contribution in [2.75, 3.05) is 33.0 Å². The second-order valence-electron chi connectivity index (χ2n) is 5.32. The zero-order chi connectivity index (χ0) is 15.6. The summed E-state index contributed by atoms with van der Waals surface area (Å²) in [6.45, 7) is 4.20. The summed E-state index contributed by atoms with van der Waals surface area (Å²) in [5.41, 5.74) is 0. The average Bonchev–Trinajstić information content (AvgIpc) is 2.37. The quantitative estimate of drug-likeness (QED) is 0.827. The van der Waals surface area contributed by atoms with Crippen molar-refractivity contribution in [2.24, 2.45) is 0 Å². The van der Waals surface area contributed by atoms with Gasteiger partial charge in [-0.1, -0.05) is 18.5 Å². The smallest absolute Gasteiger partial charge is 0.180 e. The molecule has 0 bridgehead atoms. The fraction of sp³-hybridized carbons (Fsp3) is 0.571. The predicted molar refractivity (Wildman–Crippen MR) is 82.3 cm³/mol. The van der Waals surface area contributed by atoms with Crippen LogP contribution in [0.25, 0.3) is 0 Å². The van der Waals surface area contributed by atoms with Crippen molar-refractivity contribution in [1.29, 1.82) is 0 Å². The monoisotopic (exact) mass is 333 g/mol. The lowest BCUT2D eigenvalue weighted by Crippen LogP contribution is -2.39. The van der Waals surface area contributed by atoms with Crippen LogP contribution in [0.4, 0.5) is 0 Å². The summed E-state index contributed by atoms with van der Waals surface area (Å²) in [6, 6.07) is 2.87. The van der Waals surface area contributed by atoms with Crippen LogP contribution in [0.15, 0.2) is 17.0 Å². The lowest BCUT2D eigenvalue weighted by Gasteiger charge is -2.30. The number of hydrogen-bond acceptors (Lipinski definition) is 5. The van der Waals surface area contributed by atoms with Gasteiger partial charge in [-0.2, -0.15) is 0 Å². The average molecular weight is 334 g/mol. The molecule has 1 aromatic rings. The molecule has 0 spiro atoms. The van der Waals surface area contributed by atoms with Crippen molar-refractivity contribution in [3.63, 3.8) is 0 Å². The number of nitrogens with zero attached hydrogens (tertiary/aromatic N) is 1. The van der Waals surface area contributed by atoms with Crippen molar-refractivity contribution >= 4 is 21.4 Å². The van der Waals surface area contributed by atoms with E-state index in [-0.39, 0.29) is 16.0 Å². The van der Waals surface area contributed by atoms with E-state index in [1.54, 1.807) is 0 Å². The number of ether oxygens (including phenoxy) is 2.